The maximum absolute atomic E-state index is 11.0. The second-order valence-corrected chi connectivity index (χ2v) is 2.86. The van der Waals surface area contributed by atoms with Crippen molar-refractivity contribution in [2.45, 2.75) is 13.0 Å². The number of esters is 1. The number of phenolic OH excluding ortho intramolecular Hbond substituents is 2. The van der Waals surface area contributed by atoms with Gasteiger partial charge in [0.1, 0.15) is 11.8 Å². The van der Waals surface area contributed by atoms with Crippen LogP contribution in [0.4, 0.5) is 0 Å². The van der Waals surface area contributed by atoms with Crippen molar-refractivity contribution in [1.29, 1.82) is 0 Å². The molecule has 0 aromatic heterocycles. The highest BCUT2D eigenvalue weighted by Crippen LogP contribution is 2.29. The SMILES string of the molecule is C[C@H](N)C(=O)Oc1cc(O)ccc1O. The summed E-state index contributed by atoms with van der Waals surface area (Å²) in [5, 5.41) is 18.3. The van der Waals surface area contributed by atoms with Crippen molar-refractivity contribution in [3.63, 3.8) is 0 Å². The predicted octanol–water partition coefficient (Wildman–Crippen LogP) is 0.350. The molecule has 5 nitrogen and oxygen atoms in total. The lowest BCUT2D eigenvalue weighted by Crippen LogP contribution is -2.30. The lowest BCUT2D eigenvalue weighted by molar-refractivity contribution is -0.135. The molecule has 0 aliphatic heterocycles. The van der Waals surface area contributed by atoms with Gasteiger partial charge in [-0.05, 0) is 19.1 Å². The van der Waals surface area contributed by atoms with Gasteiger partial charge in [-0.15, -0.1) is 0 Å². The molecule has 0 aliphatic carbocycles. The van der Waals surface area contributed by atoms with E-state index in [1.807, 2.05) is 0 Å². The van der Waals surface area contributed by atoms with E-state index in [4.69, 9.17) is 15.6 Å². The van der Waals surface area contributed by atoms with Crippen LogP contribution in [0.5, 0.6) is 17.2 Å². The predicted molar refractivity (Wildman–Crippen MR) is 49.1 cm³/mol. The van der Waals surface area contributed by atoms with Crippen LogP contribution in [0, 0.1) is 0 Å². The average molecular weight is 197 g/mol. The van der Waals surface area contributed by atoms with Crippen molar-refractivity contribution in [3.05, 3.63) is 18.2 Å². The van der Waals surface area contributed by atoms with E-state index < -0.39 is 12.0 Å². The summed E-state index contributed by atoms with van der Waals surface area (Å²) in [6.45, 7) is 1.46. The lowest BCUT2D eigenvalue weighted by atomic mass is 10.3. The van der Waals surface area contributed by atoms with E-state index in [0.29, 0.717) is 0 Å². The van der Waals surface area contributed by atoms with Crippen LogP contribution in [0.3, 0.4) is 0 Å². The number of benzene rings is 1. The zero-order valence-electron chi connectivity index (χ0n) is 7.60. The summed E-state index contributed by atoms with van der Waals surface area (Å²) in [4.78, 5) is 11.0. The average Bonchev–Trinajstić information content (AvgIpc) is 2.11. The molecule has 1 aromatic rings. The van der Waals surface area contributed by atoms with Crippen molar-refractivity contribution in [1.82, 2.24) is 0 Å². The number of phenols is 2. The van der Waals surface area contributed by atoms with Gasteiger partial charge in [0, 0.05) is 6.07 Å². The van der Waals surface area contributed by atoms with Crippen LogP contribution < -0.4 is 10.5 Å². The van der Waals surface area contributed by atoms with Crippen LogP contribution in [-0.2, 0) is 4.79 Å². The molecule has 1 aromatic carbocycles. The van der Waals surface area contributed by atoms with E-state index in [0.717, 1.165) is 6.07 Å². The van der Waals surface area contributed by atoms with Gasteiger partial charge < -0.3 is 20.7 Å². The minimum absolute atomic E-state index is 0.102. The molecule has 0 unspecified atom stereocenters. The summed E-state index contributed by atoms with van der Waals surface area (Å²) < 4.78 is 4.71. The molecule has 0 bridgehead atoms. The normalized spacial score (nSPS) is 12.1. The Hall–Kier alpha value is -1.75. The number of nitrogens with two attached hydrogens (primary N) is 1. The van der Waals surface area contributed by atoms with E-state index in [2.05, 4.69) is 0 Å². The molecule has 0 heterocycles. The number of carbonyl (C=O) groups is 1. The first-order valence-corrected chi connectivity index (χ1v) is 4.00. The molecule has 0 radical (unpaired) electrons. The summed E-state index contributed by atoms with van der Waals surface area (Å²) in [7, 11) is 0. The highest BCUT2D eigenvalue weighted by molar-refractivity contribution is 5.78. The minimum Gasteiger partial charge on any atom is -0.508 e. The molecule has 4 N–H and O–H groups in total. The third-order valence-electron chi connectivity index (χ3n) is 1.53. The van der Waals surface area contributed by atoms with Crippen molar-refractivity contribution in [3.8, 4) is 17.2 Å². The Labute approximate surface area is 80.7 Å². The fraction of sp³-hybridized carbons (Fsp3) is 0.222. The molecule has 76 valence electrons. The van der Waals surface area contributed by atoms with Gasteiger partial charge in [-0.3, -0.25) is 0 Å². The number of hydrogen-bond acceptors (Lipinski definition) is 5. The standard InChI is InChI=1S/C9H11NO4/c1-5(10)9(13)14-8-4-6(11)2-3-7(8)12/h2-5,11-12H,10H2,1H3/t5-/m0/s1. The van der Waals surface area contributed by atoms with Gasteiger partial charge in [0.2, 0.25) is 0 Å². The third-order valence-corrected chi connectivity index (χ3v) is 1.53. The molecule has 0 aliphatic rings. The second kappa shape index (κ2) is 3.97. The van der Waals surface area contributed by atoms with E-state index in [1.165, 1.54) is 19.1 Å². The third kappa shape index (κ3) is 2.37. The molecule has 0 saturated heterocycles. The van der Waals surface area contributed by atoms with Gasteiger partial charge in [0.25, 0.3) is 0 Å². The zero-order valence-corrected chi connectivity index (χ0v) is 7.60. The Morgan fingerprint density at radius 2 is 2.14 bits per heavy atom. The Bertz CT molecular complexity index is 349. The van der Waals surface area contributed by atoms with Crippen molar-refractivity contribution in [2.24, 2.45) is 5.73 Å². The maximum atomic E-state index is 11.0. The fourth-order valence-electron chi connectivity index (χ4n) is 0.786. The lowest BCUT2D eigenvalue weighted by Gasteiger charge is -2.08. The van der Waals surface area contributed by atoms with Crippen LogP contribution in [-0.4, -0.2) is 22.2 Å². The monoisotopic (exact) mass is 197 g/mol. The first-order valence-electron chi connectivity index (χ1n) is 4.00. The maximum Gasteiger partial charge on any atom is 0.328 e. The van der Waals surface area contributed by atoms with Crippen molar-refractivity contribution < 1.29 is 19.7 Å². The minimum atomic E-state index is -0.781. The molecule has 0 amide bonds. The largest absolute Gasteiger partial charge is 0.508 e. The van der Waals surface area contributed by atoms with Crippen molar-refractivity contribution >= 4 is 5.97 Å². The van der Waals surface area contributed by atoms with Gasteiger partial charge in [-0.25, -0.2) is 4.79 Å². The molecule has 0 spiro atoms. The van der Waals surface area contributed by atoms with Crippen LogP contribution in [0.15, 0.2) is 18.2 Å². The summed E-state index contributed by atoms with van der Waals surface area (Å²) in [5.74, 6) is -1.11. The first kappa shape index (κ1) is 10.3. The molecule has 1 atom stereocenters. The van der Waals surface area contributed by atoms with E-state index in [-0.39, 0.29) is 17.2 Å². The summed E-state index contributed by atoms with van der Waals surface area (Å²) >= 11 is 0. The number of hydrogen-bond donors (Lipinski definition) is 3. The first-order chi connectivity index (χ1) is 6.50. The number of aromatic hydroxyl groups is 2. The highest BCUT2D eigenvalue weighted by atomic mass is 16.5. The fourth-order valence-corrected chi connectivity index (χ4v) is 0.786. The van der Waals surface area contributed by atoms with Crippen LogP contribution in [0.25, 0.3) is 0 Å². The molecular weight excluding hydrogens is 186 g/mol. The van der Waals surface area contributed by atoms with Gasteiger partial charge in [0.05, 0.1) is 0 Å². The summed E-state index contributed by atoms with van der Waals surface area (Å²) in [5.41, 5.74) is 5.25. The van der Waals surface area contributed by atoms with E-state index in [1.54, 1.807) is 0 Å². The van der Waals surface area contributed by atoms with E-state index in [9.17, 15) is 9.90 Å². The molecule has 1 rings (SSSR count). The smallest absolute Gasteiger partial charge is 0.328 e. The van der Waals surface area contributed by atoms with Gasteiger partial charge in [-0.1, -0.05) is 0 Å². The van der Waals surface area contributed by atoms with Crippen LogP contribution in [0.1, 0.15) is 6.92 Å². The van der Waals surface area contributed by atoms with Crippen LogP contribution >= 0.6 is 0 Å². The van der Waals surface area contributed by atoms with E-state index >= 15 is 0 Å². The van der Waals surface area contributed by atoms with Crippen molar-refractivity contribution in [2.75, 3.05) is 0 Å². The molecular formula is C9H11NO4. The highest BCUT2D eigenvalue weighted by Gasteiger charge is 2.13. The molecule has 5 heteroatoms. The number of rotatable bonds is 2. The Morgan fingerprint density at radius 1 is 1.50 bits per heavy atom. The number of ether oxygens (including phenoxy) is 1. The number of carbonyl (C=O) groups excluding carboxylic acids is 1. The summed E-state index contributed by atoms with van der Waals surface area (Å²) in [6.07, 6.45) is 0. The Morgan fingerprint density at radius 3 is 2.71 bits per heavy atom. The Balaban J connectivity index is 2.86. The zero-order chi connectivity index (χ0) is 10.7. The van der Waals surface area contributed by atoms with Crippen LogP contribution in [0.2, 0.25) is 0 Å². The van der Waals surface area contributed by atoms with Gasteiger partial charge >= 0.3 is 5.97 Å². The topological polar surface area (TPSA) is 92.8 Å². The second-order valence-electron chi connectivity index (χ2n) is 2.86. The van der Waals surface area contributed by atoms with Gasteiger partial charge in [0.15, 0.2) is 11.5 Å². The Kier molecular flexibility index (Phi) is 2.93. The molecule has 0 fully saturated rings. The quantitative estimate of drug-likeness (QED) is 0.361. The summed E-state index contributed by atoms with van der Waals surface area (Å²) in [6, 6.07) is 2.85. The molecule has 0 saturated carbocycles. The van der Waals surface area contributed by atoms with Gasteiger partial charge in [-0.2, -0.15) is 0 Å². The molecule has 14 heavy (non-hydrogen) atoms.